The molecular weight excluding hydrogens is 294 g/mol. The third-order valence-electron chi connectivity index (χ3n) is 4.31. The molecule has 0 saturated carbocycles. The van der Waals surface area contributed by atoms with Gasteiger partial charge < -0.3 is 14.2 Å². The van der Waals surface area contributed by atoms with Crippen molar-refractivity contribution in [2.45, 2.75) is 45.1 Å². The van der Waals surface area contributed by atoms with E-state index in [0.29, 0.717) is 11.2 Å². The molecule has 0 amide bonds. The average molecular weight is 315 g/mol. The van der Waals surface area contributed by atoms with E-state index in [1.165, 1.54) is 0 Å². The third-order valence-corrected chi connectivity index (χ3v) is 4.31. The lowest BCUT2D eigenvalue weighted by Gasteiger charge is -2.32. The topological polar surface area (TPSA) is 21.7 Å². The SMILES string of the molecule is CN(C)c1cc(B2OC(C)(C)C(C)(C)O2)cc(C(F)(F)F)c1. The van der Waals surface area contributed by atoms with Gasteiger partial charge in [-0.05, 0) is 45.3 Å². The van der Waals surface area contributed by atoms with Crippen molar-refractivity contribution in [1.82, 2.24) is 0 Å². The summed E-state index contributed by atoms with van der Waals surface area (Å²) in [5.41, 5.74) is -1.06. The molecule has 1 aliphatic rings. The molecule has 122 valence electrons. The highest BCUT2D eigenvalue weighted by Crippen LogP contribution is 2.37. The van der Waals surface area contributed by atoms with Crippen molar-refractivity contribution in [3.05, 3.63) is 23.8 Å². The van der Waals surface area contributed by atoms with Gasteiger partial charge in [-0.15, -0.1) is 0 Å². The molecule has 0 unspecified atom stereocenters. The Bertz CT molecular complexity index is 554. The molecular formula is C15H21BF3NO2. The van der Waals surface area contributed by atoms with Gasteiger partial charge in [-0.2, -0.15) is 13.2 Å². The molecule has 0 aliphatic carbocycles. The van der Waals surface area contributed by atoms with Crippen LogP contribution in [0.1, 0.15) is 33.3 Å². The lowest BCUT2D eigenvalue weighted by Crippen LogP contribution is -2.41. The maximum absolute atomic E-state index is 13.1. The van der Waals surface area contributed by atoms with Crippen LogP contribution >= 0.6 is 0 Å². The van der Waals surface area contributed by atoms with Crippen LogP contribution in [0, 0.1) is 0 Å². The smallest absolute Gasteiger partial charge is 0.399 e. The molecule has 3 nitrogen and oxygen atoms in total. The van der Waals surface area contributed by atoms with Crippen LogP contribution in [0.15, 0.2) is 18.2 Å². The molecule has 2 rings (SSSR count). The van der Waals surface area contributed by atoms with Crippen molar-refractivity contribution in [1.29, 1.82) is 0 Å². The maximum atomic E-state index is 13.1. The Hall–Kier alpha value is -1.21. The zero-order valence-electron chi connectivity index (χ0n) is 13.7. The fourth-order valence-electron chi connectivity index (χ4n) is 2.17. The molecule has 7 heteroatoms. The Balaban J connectivity index is 2.46. The highest BCUT2D eigenvalue weighted by atomic mass is 19.4. The van der Waals surface area contributed by atoms with Crippen molar-refractivity contribution in [3.63, 3.8) is 0 Å². The fraction of sp³-hybridized carbons (Fsp3) is 0.600. The summed E-state index contributed by atoms with van der Waals surface area (Å²) in [6.45, 7) is 7.47. The highest BCUT2D eigenvalue weighted by molar-refractivity contribution is 6.62. The van der Waals surface area contributed by atoms with Crippen molar-refractivity contribution in [3.8, 4) is 0 Å². The van der Waals surface area contributed by atoms with Gasteiger partial charge in [-0.25, -0.2) is 0 Å². The number of hydrogen-bond acceptors (Lipinski definition) is 3. The van der Waals surface area contributed by atoms with Gasteiger partial charge in [-0.1, -0.05) is 6.07 Å². The van der Waals surface area contributed by atoms with Crippen LogP contribution in [0.2, 0.25) is 0 Å². The molecule has 0 aromatic heterocycles. The number of halogens is 3. The lowest BCUT2D eigenvalue weighted by atomic mass is 9.78. The average Bonchev–Trinajstić information content (AvgIpc) is 2.57. The van der Waals surface area contributed by atoms with E-state index in [2.05, 4.69) is 0 Å². The molecule has 0 bridgehead atoms. The predicted molar refractivity (Wildman–Crippen MR) is 81.5 cm³/mol. The molecule has 1 fully saturated rings. The number of hydrogen-bond donors (Lipinski definition) is 0. The number of benzene rings is 1. The summed E-state index contributed by atoms with van der Waals surface area (Å²) in [6.07, 6.45) is -4.41. The van der Waals surface area contributed by atoms with E-state index in [1.54, 1.807) is 25.1 Å². The van der Waals surface area contributed by atoms with Crippen LogP contribution in [0.4, 0.5) is 18.9 Å². The molecule has 0 radical (unpaired) electrons. The van der Waals surface area contributed by atoms with Crippen LogP contribution in [0.5, 0.6) is 0 Å². The molecule has 1 aromatic carbocycles. The number of anilines is 1. The van der Waals surface area contributed by atoms with Gasteiger partial charge in [0.15, 0.2) is 0 Å². The Labute approximate surface area is 129 Å². The molecule has 0 N–H and O–H groups in total. The van der Waals surface area contributed by atoms with Crippen LogP contribution < -0.4 is 10.4 Å². The molecule has 0 spiro atoms. The summed E-state index contributed by atoms with van der Waals surface area (Å²) in [6, 6.07) is 3.88. The Morgan fingerprint density at radius 1 is 0.955 bits per heavy atom. The van der Waals surface area contributed by atoms with Crippen molar-refractivity contribution < 1.29 is 22.5 Å². The van der Waals surface area contributed by atoms with E-state index in [9.17, 15) is 13.2 Å². The van der Waals surface area contributed by atoms with E-state index in [0.717, 1.165) is 12.1 Å². The minimum atomic E-state index is -4.41. The van der Waals surface area contributed by atoms with Gasteiger partial charge in [0.05, 0.1) is 16.8 Å². The Morgan fingerprint density at radius 3 is 1.86 bits per heavy atom. The standard InChI is InChI=1S/C15H21BF3NO2/c1-13(2)14(3,4)22-16(21-13)11-7-10(15(17,18)19)8-12(9-11)20(5)6/h7-9H,1-6H3. The van der Waals surface area contributed by atoms with E-state index < -0.39 is 30.1 Å². The van der Waals surface area contributed by atoms with Crippen molar-refractivity contribution in [2.75, 3.05) is 19.0 Å². The molecule has 0 atom stereocenters. The van der Waals surface area contributed by atoms with Gasteiger partial charge in [-0.3, -0.25) is 0 Å². The first kappa shape index (κ1) is 17.2. The maximum Gasteiger partial charge on any atom is 0.494 e. The van der Waals surface area contributed by atoms with Crippen LogP contribution in [-0.2, 0) is 15.5 Å². The molecule has 1 aliphatic heterocycles. The van der Waals surface area contributed by atoms with Crippen LogP contribution in [-0.4, -0.2) is 32.4 Å². The second-order valence-electron chi connectivity index (χ2n) is 6.79. The summed E-state index contributed by atoms with van der Waals surface area (Å²) < 4.78 is 51.0. The van der Waals surface area contributed by atoms with E-state index in [1.807, 2.05) is 27.7 Å². The summed E-state index contributed by atoms with van der Waals surface area (Å²) in [5.74, 6) is 0. The first-order valence-electron chi connectivity index (χ1n) is 7.09. The van der Waals surface area contributed by atoms with Gasteiger partial charge in [0.1, 0.15) is 0 Å². The second kappa shape index (κ2) is 5.16. The van der Waals surface area contributed by atoms with Crippen molar-refractivity contribution in [2.24, 2.45) is 0 Å². The minimum absolute atomic E-state index is 0.372. The number of alkyl halides is 3. The normalized spacial score (nSPS) is 20.3. The Kier molecular flexibility index (Phi) is 4.03. The Morgan fingerprint density at radius 2 is 1.45 bits per heavy atom. The summed E-state index contributed by atoms with van der Waals surface area (Å²) in [7, 11) is 2.58. The van der Waals surface area contributed by atoms with E-state index >= 15 is 0 Å². The second-order valence-corrected chi connectivity index (χ2v) is 6.79. The predicted octanol–water partition coefficient (Wildman–Crippen LogP) is 3.07. The van der Waals surface area contributed by atoms with Crippen LogP contribution in [0.3, 0.4) is 0 Å². The summed E-state index contributed by atoms with van der Waals surface area (Å²) >= 11 is 0. The molecule has 22 heavy (non-hydrogen) atoms. The minimum Gasteiger partial charge on any atom is -0.399 e. The quantitative estimate of drug-likeness (QED) is 0.783. The third kappa shape index (κ3) is 3.10. The zero-order chi connectivity index (χ0) is 16.9. The monoisotopic (exact) mass is 315 g/mol. The van der Waals surface area contributed by atoms with Gasteiger partial charge in [0.25, 0.3) is 0 Å². The zero-order valence-corrected chi connectivity index (χ0v) is 13.7. The first-order chi connectivity index (χ1) is 9.83. The first-order valence-corrected chi connectivity index (χ1v) is 7.09. The van der Waals surface area contributed by atoms with Gasteiger partial charge in [0.2, 0.25) is 0 Å². The highest BCUT2D eigenvalue weighted by Gasteiger charge is 2.52. The largest absolute Gasteiger partial charge is 0.494 e. The fourth-order valence-corrected chi connectivity index (χ4v) is 2.17. The van der Waals surface area contributed by atoms with Crippen LogP contribution in [0.25, 0.3) is 0 Å². The van der Waals surface area contributed by atoms with Gasteiger partial charge >= 0.3 is 13.3 Å². The van der Waals surface area contributed by atoms with E-state index in [-0.39, 0.29) is 0 Å². The van der Waals surface area contributed by atoms with Gasteiger partial charge in [0, 0.05) is 19.8 Å². The number of nitrogens with zero attached hydrogens (tertiary/aromatic N) is 1. The summed E-state index contributed by atoms with van der Waals surface area (Å²) in [4.78, 5) is 1.63. The summed E-state index contributed by atoms with van der Waals surface area (Å²) in [5, 5.41) is 0. The molecule has 1 aromatic rings. The number of rotatable bonds is 2. The lowest BCUT2D eigenvalue weighted by molar-refractivity contribution is -0.137. The molecule has 1 heterocycles. The van der Waals surface area contributed by atoms with Crippen molar-refractivity contribution >= 4 is 18.3 Å². The van der Waals surface area contributed by atoms with E-state index in [4.69, 9.17) is 9.31 Å². The molecule has 1 saturated heterocycles.